The zero-order valence-corrected chi connectivity index (χ0v) is 12.0. The van der Waals surface area contributed by atoms with E-state index in [1.807, 2.05) is 12.2 Å². The molecular weight excluding hydrogens is 294 g/mol. The fourth-order valence-corrected chi connectivity index (χ4v) is 0.855. The summed E-state index contributed by atoms with van der Waals surface area (Å²) in [4.78, 5) is 0. The van der Waals surface area contributed by atoms with Crippen molar-refractivity contribution in [2.45, 2.75) is 19.8 Å². The maximum absolute atomic E-state index is 3.12. The van der Waals surface area contributed by atoms with E-state index in [2.05, 4.69) is 37.3 Å². The van der Waals surface area contributed by atoms with Gasteiger partial charge in [-0.3, -0.25) is 12.2 Å². The largest absolute Gasteiger partial charge is 4.00 e. The summed E-state index contributed by atoms with van der Waals surface area (Å²) in [7, 11) is 0. The van der Waals surface area contributed by atoms with E-state index in [-0.39, 0.29) is 51.0 Å². The maximum Gasteiger partial charge on any atom is 4.00 e. The quantitative estimate of drug-likeness (QED) is 0.419. The van der Waals surface area contributed by atoms with Crippen LogP contribution in [0.3, 0.4) is 0 Å². The average molecular weight is 306 g/mol. The van der Waals surface area contributed by atoms with E-state index in [0.29, 0.717) is 0 Å². The minimum absolute atomic E-state index is 0. The Morgan fingerprint density at radius 3 is 2.00 bits per heavy atom. The minimum atomic E-state index is 0. The first-order valence-corrected chi connectivity index (χ1v) is 3.85. The normalized spacial score (nSPS) is 14.2. The van der Waals surface area contributed by atoms with Crippen molar-refractivity contribution in [3.8, 4) is 0 Å². The van der Waals surface area contributed by atoms with Gasteiger partial charge in [0.1, 0.15) is 0 Å². The molecule has 0 fully saturated rings. The molecule has 0 N–H and O–H groups in total. The third-order valence-corrected chi connectivity index (χ3v) is 1.45. The van der Waals surface area contributed by atoms with Gasteiger partial charge in [-0.2, -0.15) is 12.2 Å². The van der Waals surface area contributed by atoms with Gasteiger partial charge >= 0.3 is 26.2 Å². The maximum atomic E-state index is 3.12. The molecule has 0 heterocycles. The summed E-state index contributed by atoms with van der Waals surface area (Å²) in [6.07, 6.45) is 18.3. The van der Waals surface area contributed by atoms with Crippen molar-refractivity contribution in [3.63, 3.8) is 0 Å². The Hall–Kier alpha value is 0.423. The van der Waals surface area contributed by atoms with Gasteiger partial charge in [-0.1, -0.05) is 6.92 Å². The van der Waals surface area contributed by atoms with Crippen molar-refractivity contribution >= 4 is 0 Å². The second-order valence-corrected chi connectivity index (χ2v) is 2.47. The van der Waals surface area contributed by atoms with E-state index < -0.39 is 0 Å². The molecule has 0 aliphatic heterocycles. The first-order valence-electron chi connectivity index (χ1n) is 3.85. The van der Waals surface area contributed by atoms with Crippen LogP contribution < -0.4 is 24.8 Å². The van der Waals surface area contributed by atoms with Gasteiger partial charge in [0.05, 0.1) is 0 Å². The van der Waals surface area contributed by atoms with Crippen LogP contribution in [0.15, 0.2) is 36.0 Å². The van der Waals surface area contributed by atoms with E-state index in [4.69, 9.17) is 0 Å². The zero-order chi connectivity index (χ0) is 7.94. The van der Waals surface area contributed by atoms with Crippen LogP contribution in [0.2, 0.25) is 0 Å². The Kier molecular flexibility index (Phi) is 19.1. The molecule has 0 bridgehead atoms. The van der Waals surface area contributed by atoms with Gasteiger partial charge in [-0.25, -0.2) is 23.8 Å². The Labute approximate surface area is 118 Å². The predicted octanol–water partition coefficient (Wildman–Crippen LogP) is -2.99. The zero-order valence-electron chi connectivity index (χ0n) is 8.06. The minimum Gasteiger partial charge on any atom is -1.00 e. The Balaban J connectivity index is -0.000000144. The number of hydrogen-bond acceptors (Lipinski definition) is 0. The second kappa shape index (κ2) is 13.4. The summed E-state index contributed by atoms with van der Waals surface area (Å²) >= 11 is 0. The van der Waals surface area contributed by atoms with E-state index in [1.165, 1.54) is 5.57 Å². The second-order valence-electron chi connectivity index (χ2n) is 2.47. The summed E-state index contributed by atoms with van der Waals surface area (Å²) in [5, 5.41) is 0. The molecule has 2 aliphatic rings. The van der Waals surface area contributed by atoms with Crippen LogP contribution in [-0.4, -0.2) is 0 Å². The van der Waals surface area contributed by atoms with Gasteiger partial charge in [0.15, 0.2) is 0 Å². The van der Waals surface area contributed by atoms with Gasteiger partial charge in [0.25, 0.3) is 0 Å². The third kappa shape index (κ3) is 10.5. The van der Waals surface area contributed by atoms with Crippen LogP contribution in [0.1, 0.15) is 19.8 Å². The molecule has 2 aliphatic carbocycles. The van der Waals surface area contributed by atoms with Crippen molar-refractivity contribution in [1.82, 2.24) is 0 Å². The summed E-state index contributed by atoms with van der Waals surface area (Å²) < 4.78 is 0. The summed E-state index contributed by atoms with van der Waals surface area (Å²) in [6.45, 7) is 2.06. The number of hydrogen-bond donors (Lipinski definition) is 0. The smallest absolute Gasteiger partial charge is 1.00 e. The Morgan fingerprint density at radius 1 is 1.14 bits per heavy atom. The summed E-state index contributed by atoms with van der Waals surface area (Å²) in [5.74, 6) is 0. The molecule has 0 aromatic rings. The van der Waals surface area contributed by atoms with Gasteiger partial charge < -0.3 is 24.8 Å². The van der Waals surface area contributed by atoms with Crippen LogP contribution in [-0.2, 0) is 26.2 Å². The summed E-state index contributed by atoms with van der Waals surface area (Å²) in [5.41, 5.74) is 1.27. The van der Waals surface area contributed by atoms with Crippen LogP contribution in [0, 0.1) is 12.2 Å². The molecule has 3 heteroatoms. The Bertz CT molecular complexity index is 215. The van der Waals surface area contributed by atoms with E-state index in [9.17, 15) is 0 Å². The SMILES string of the molecule is CC1=[C-]CC=C1.[C-]1=CC=CC1.[Cl-].[Cl-].[Zr+4]. The van der Waals surface area contributed by atoms with Crippen molar-refractivity contribution in [2.24, 2.45) is 0 Å². The molecule has 0 saturated heterocycles. The molecule has 0 unspecified atom stereocenters. The molecule has 0 radical (unpaired) electrons. The standard InChI is InChI=1S/C6H7.C5H5.2ClH.Zr/c1-6-4-2-3-5-6;1-2-4-5-3-1;;;/h2,4H,3H2,1H3;1-3H,4H2;2*1H;/q2*-1;;;+4/p-2. The number of halogens is 2. The predicted molar refractivity (Wildman–Crippen MR) is 47.8 cm³/mol. The molecular formula is C11H12Cl2Zr. The molecule has 0 spiro atoms. The molecule has 14 heavy (non-hydrogen) atoms. The number of rotatable bonds is 0. The van der Waals surface area contributed by atoms with Gasteiger partial charge in [0, 0.05) is 0 Å². The Morgan fingerprint density at radius 2 is 1.86 bits per heavy atom. The topological polar surface area (TPSA) is 0 Å². The number of allylic oxidation sites excluding steroid dienone is 8. The van der Waals surface area contributed by atoms with Crippen LogP contribution in [0.25, 0.3) is 0 Å². The van der Waals surface area contributed by atoms with Crippen LogP contribution in [0.5, 0.6) is 0 Å². The van der Waals surface area contributed by atoms with Crippen molar-refractivity contribution in [2.75, 3.05) is 0 Å². The molecule has 0 aromatic carbocycles. The monoisotopic (exact) mass is 304 g/mol. The molecule has 0 nitrogen and oxygen atoms in total. The molecule has 74 valence electrons. The third-order valence-electron chi connectivity index (χ3n) is 1.45. The molecule has 0 saturated carbocycles. The van der Waals surface area contributed by atoms with Crippen molar-refractivity contribution < 1.29 is 51.0 Å². The van der Waals surface area contributed by atoms with Gasteiger partial charge in [0.2, 0.25) is 0 Å². The summed E-state index contributed by atoms with van der Waals surface area (Å²) in [6, 6.07) is 0. The first-order chi connectivity index (χ1) is 5.39. The van der Waals surface area contributed by atoms with Crippen LogP contribution in [0.4, 0.5) is 0 Å². The molecule has 0 amide bonds. The van der Waals surface area contributed by atoms with Crippen molar-refractivity contribution in [3.05, 3.63) is 48.1 Å². The average Bonchev–Trinajstić information content (AvgIpc) is 2.57. The molecule has 0 aromatic heterocycles. The fourth-order valence-electron chi connectivity index (χ4n) is 0.855. The van der Waals surface area contributed by atoms with Gasteiger partial charge in [-0.05, 0) is 0 Å². The first kappa shape index (κ1) is 19.9. The van der Waals surface area contributed by atoms with E-state index in [1.54, 1.807) is 0 Å². The van der Waals surface area contributed by atoms with E-state index >= 15 is 0 Å². The molecule has 2 rings (SSSR count). The van der Waals surface area contributed by atoms with Crippen LogP contribution >= 0.6 is 0 Å². The van der Waals surface area contributed by atoms with Gasteiger partial charge in [-0.15, -0.1) is 12.8 Å². The molecule has 0 atom stereocenters. The fraction of sp³-hybridized carbons (Fsp3) is 0.273. The van der Waals surface area contributed by atoms with E-state index in [0.717, 1.165) is 12.8 Å². The van der Waals surface area contributed by atoms with Crippen molar-refractivity contribution in [1.29, 1.82) is 0 Å².